The van der Waals surface area contributed by atoms with Crippen LogP contribution >= 0.6 is 11.3 Å². The maximum Gasteiger partial charge on any atom is 0.237 e. The van der Waals surface area contributed by atoms with E-state index >= 15 is 0 Å². The molecule has 1 unspecified atom stereocenters. The number of carbonyl (C=O) groups is 1. The third kappa shape index (κ3) is 3.12. The number of thiazole rings is 1. The summed E-state index contributed by atoms with van der Waals surface area (Å²) in [5.41, 5.74) is 8.14. The van der Waals surface area contributed by atoms with Gasteiger partial charge in [-0.15, -0.1) is 11.3 Å². The lowest BCUT2D eigenvalue weighted by Gasteiger charge is -2.08. The van der Waals surface area contributed by atoms with Gasteiger partial charge in [0.2, 0.25) is 5.91 Å². The first-order valence-electron chi connectivity index (χ1n) is 4.14. The molecule has 0 saturated carbocycles. The topological polar surface area (TPSA) is 68.0 Å². The number of nitrogens with zero attached hydrogens (tertiary/aromatic N) is 1. The highest BCUT2D eigenvalue weighted by atomic mass is 32.1. The summed E-state index contributed by atoms with van der Waals surface area (Å²) in [5, 5.41) is 4.62. The Balaban J connectivity index is 2.31. The van der Waals surface area contributed by atoms with E-state index in [9.17, 15) is 4.79 Å². The van der Waals surface area contributed by atoms with Gasteiger partial charge in [0.1, 0.15) is 0 Å². The molecular formula is C8H13N3OS. The predicted octanol–water partition coefficient (Wildman–Crippen LogP) is 0.497. The smallest absolute Gasteiger partial charge is 0.237 e. The minimum atomic E-state index is -0.404. The van der Waals surface area contributed by atoms with Crippen LogP contribution in [0.4, 0.5) is 0 Å². The van der Waals surface area contributed by atoms with Gasteiger partial charge in [-0.3, -0.25) is 4.79 Å². The summed E-state index contributed by atoms with van der Waals surface area (Å²) < 4.78 is 0. The van der Waals surface area contributed by atoms with E-state index in [2.05, 4.69) is 10.3 Å². The fraction of sp³-hybridized carbons (Fsp3) is 0.500. The third-order valence-corrected chi connectivity index (χ3v) is 2.34. The summed E-state index contributed by atoms with van der Waals surface area (Å²) in [6.07, 6.45) is 0.656. The highest BCUT2D eigenvalue weighted by molar-refractivity contribution is 7.07. The minimum Gasteiger partial charge on any atom is -0.349 e. The van der Waals surface area contributed by atoms with Gasteiger partial charge in [0.25, 0.3) is 0 Å². The van der Waals surface area contributed by atoms with Crippen molar-refractivity contribution in [3.8, 4) is 0 Å². The number of aromatic nitrogens is 1. The van der Waals surface area contributed by atoms with Gasteiger partial charge in [0, 0.05) is 5.38 Å². The molecule has 1 amide bonds. The molecule has 0 aliphatic carbocycles. The summed E-state index contributed by atoms with van der Waals surface area (Å²) in [5.74, 6) is -0.115. The molecule has 0 saturated heterocycles. The van der Waals surface area contributed by atoms with Crippen LogP contribution in [0.25, 0.3) is 0 Å². The van der Waals surface area contributed by atoms with Gasteiger partial charge in [0.15, 0.2) is 0 Å². The Morgan fingerprint density at radius 1 is 1.85 bits per heavy atom. The molecule has 1 heterocycles. The number of hydrogen-bond donors (Lipinski definition) is 2. The average molecular weight is 199 g/mol. The molecule has 1 aromatic heterocycles. The molecule has 0 fully saturated rings. The number of rotatable bonds is 4. The van der Waals surface area contributed by atoms with E-state index in [1.165, 1.54) is 11.3 Å². The van der Waals surface area contributed by atoms with E-state index in [4.69, 9.17) is 5.73 Å². The van der Waals surface area contributed by atoms with E-state index in [1.807, 2.05) is 12.3 Å². The maximum atomic E-state index is 11.2. The Hall–Kier alpha value is -0.940. The Kier molecular flexibility index (Phi) is 3.85. The van der Waals surface area contributed by atoms with Crippen molar-refractivity contribution in [1.82, 2.24) is 10.3 Å². The van der Waals surface area contributed by atoms with Crippen molar-refractivity contribution >= 4 is 17.2 Å². The number of nitrogens with two attached hydrogens (primary N) is 1. The molecule has 0 aromatic carbocycles. The van der Waals surface area contributed by atoms with Gasteiger partial charge in [-0.2, -0.15) is 0 Å². The van der Waals surface area contributed by atoms with Crippen LogP contribution in [0.15, 0.2) is 10.9 Å². The van der Waals surface area contributed by atoms with Crippen LogP contribution in [0.3, 0.4) is 0 Å². The molecule has 0 bridgehead atoms. The van der Waals surface area contributed by atoms with Crippen molar-refractivity contribution in [2.45, 2.75) is 25.9 Å². The van der Waals surface area contributed by atoms with Crippen molar-refractivity contribution in [3.05, 3.63) is 16.6 Å². The van der Waals surface area contributed by atoms with Gasteiger partial charge in [-0.05, 0) is 6.42 Å². The molecule has 1 rings (SSSR count). The first kappa shape index (κ1) is 10.1. The monoisotopic (exact) mass is 199 g/mol. The Labute approximate surface area is 81.2 Å². The maximum absolute atomic E-state index is 11.2. The van der Waals surface area contributed by atoms with Gasteiger partial charge >= 0.3 is 0 Å². The van der Waals surface area contributed by atoms with Gasteiger partial charge < -0.3 is 11.1 Å². The summed E-state index contributed by atoms with van der Waals surface area (Å²) in [6.45, 7) is 2.35. The van der Waals surface area contributed by atoms with Gasteiger partial charge in [-0.1, -0.05) is 6.92 Å². The van der Waals surface area contributed by atoms with E-state index in [-0.39, 0.29) is 5.91 Å². The zero-order valence-corrected chi connectivity index (χ0v) is 8.30. The molecule has 5 heteroatoms. The normalized spacial score (nSPS) is 12.5. The molecule has 1 atom stereocenters. The molecule has 3 N–H and O–H groups in total. The van der Waals surface area contributed by atoms with Crippen molar-refractivity contribution in [1.29, 1.82) is 0 Å². The van der Waals surface area contributed by atoms with Crippen LogP contribution in [0.5, 0.6) is 0 Å². The standard InChI is InChI=1S/C8H13N3OS/c1-2-7(9)8(12)10-3-6-4-13-5-11-6/h4-5,7H,2-3,9H2,1H3,(H,10,12). The molecule has 72 valence electrons. The second-order valence-electron chi connectivity index (χ2n) is 2.71. The SMILES string of the molecule is CCC(N)C(=O)NCc1cscn1. The molecule has 0 aliphatic rings. The van der Waals surface area contributed by atoms with E-state index in [1.54, 1.807) is 5.51 Å². The average Bonchev–Trinajstić information content (AvgIpc) is 2.65. The summed E-state index contributed by atoms with van der Waals surface area (Å²) in [6, 6.07) is -0.404. The fourth-order valence-electron chi connectivity index (χ4n) is 0.819. The van der Waals surface area contributed by atoms with Crippen molar-refractivity contribution < 1.29 is 4.79 Å². The van der Waals surface area contributed by atoms with E-state index in [0.29, 0.717) is 13.0 Å². The van der Waals surface area contributed by atoms with Gasteiger partial charge in [-0.25, -0.2) is 4.98 Å². The highest BCUT2D eigenvalue weighted by Gasteiger charge is 2.09. The predicted molar refractivity (Wildman–Crippen MR) is 52.2 cm³/mol. The first-order valence-corrected chi connectivity index (χ1v) is 5.08. The molecular weight excluding hydrogens is 186 g/mol. The molecule has 0 radical (unpaired) electrons. The van der Waals surface area contributed by atoms with E-state index in [0.717, 1.165) is 5.69 Å². The van der Waals surface area contributed by atoms with Crippen molar-refractivity contribution in [3.63, 3.8) is 0 Å². The van der Waals surface area contributed by atoms with Crippen LogP contribution in [-0.4, -0.2) is 16.9 Å². The second-order valence-corrected chi connectivity index (χ2v) is 3.43. The minimum absolute atomic E-state index is 0.115. The van der Waals surface area contributed by atoms with Crippen LogP contribution in [0.2, 0.25) is 0 Å². The van der Waals surface area contributed by atoms with Crippen molar-refractivity contribution in [2.24, 2.45) is 5.73 Å². The van der Waals surface area contributed by atoms with E-state index < -0.39 is 6.04 Å². The quantitative estimate of drug-likeness (QED) is 0.742. The highest BCUT2D eigenvalue weighted by Crippen LogP contribution is 1.99. The van der Waals surface area contributed by atoms with Crippen LogP contribution in [-0.2, 0) is 11.3 Å². The molecule has 4 nitrogen and oxygen atoms in total. The largest absolute Gasteiger partial charge is 0.349 e. The number of carbonyl (C=O) groups excluding carboxylic acids is 1. The Morgan fingerprint density at radius 2 is 2.62 bits per heavy atom. The lowest BCUT2D eigenvalue weighted by atomic mass is 10.2. The molecule has 0 spiro atoms. The summed E-state index contributed by atoms with van der Waals surface area (Å²) in [7, 11) is 0. The van der Waals surface area contributed by atoms with Crippen LogP contribution in [0, 0.1) is 0 Å². The molecule has 1 aromatic rings. The van der Waals surface area contributed by atoms with Crippen LogP contribution in [0.1, 0.15) is 19.0 Å². The third-order valence-electron chi connectivity index (χ3n) is 1.70. The first-order chi connectivity index (χ1) is 6.24. The van der Waals surface area contributed by atoms with Crippen LogP contribution < -0.4 is 11.1 Å². The number of nitrogens with one attached hydrogen (secondary N) is 1. The number of amides is 1. The lowest BCUT2D eigenvalue weighted by molar-refractivity contribution is -0.122. The zero-order chi connectivity index (χ0) is 9.68. The molecule has 0 aliphatic heterocycles. The number of hydrogen-bond acceptors (Lipinski definition) is 4. The Morgan fingerprint density at radius 3 is 3.15 bits per heavy atom. The lowest BCUT2D eigenvalue weighted by Crippen LogP contribution is -2.39. The zero-order valence-electron chi connectivity index (χ0n) is 7.49. The summed E-state index contributed by atoms with van der Waals surface area (Å²) >= 11 is 1.51. The fourth-order valence-corrected chi connectivity index (χ4v) is 1.38. The summed E-state index contributed by atoms with van der Waals surface area (Å²) in [4.78, 5) is 15.2. The van der Waals surface area contributed by atoms with Crippen molar-refractivity contribution in [2.75, 3.05) is 0 Å². The van der Waals surface area contributed by atoms with Gasteiger partial charge in [0.05, 0.1) is 23.8 Å². The second kappa shape index (κ2) is 4.94. The molecule has 13 heavy (non-hydrogen) atoms. The Bertz CT molecular complexity index is 260.